The summed E-state index contributed by atoms with van der Waals surface area (Å²) in [6.45, 7) is 2.85. The van der Waals surface area contributed by atoms with Gasteiger partial charge in [-0.1, -0.05) is 18.2 Å². The summed E-state index contributed by atoms with van der Waals surface area (Å²) in [5.41, 5.74) is 2.23. The lowest BCUT2D eigenvalue weighted by Crippen LogP contribution is -2.44. The number of phenolic OH excluding ortho intramolecular Hbond substituents is 1. The Morgan fingerprint density at radius 1 is 1.03 bits per heavy atom. The molecule has 1 aliphatic carbocycles. The van der Waals surface area contributed by atoms with Crippen molar-refractivity contribution in [2.24, 2.45) is 11.8 Å². The minimum Gasteiger partial charge on any atom is -0.508 e. The van der Waals surface area contributed by atoms with Gasteiger partial charge in [0.1, 0.15) is 5.75 Å². The number of piperidine rings is 1. The molecule has 1 saturated carbocycles. The van der Waals surface area contributed by atoms with Crippen LogP contribution in [-0.4, -0.2) is 40.7 Å². The lowest BCUT2D eigenvalue weighted by atomic mass is 9.90. The molecule has 1 aromatic carbocycles. The first-order valence-electron chi connectivity index (χ1n) is 11.0. The molecule has 0 radical (unpaired) electrons. The number of nitrogens with zero attached hydrogens (tertiary/aromatic N) is 2. The summed E-state index contributed by atoms with van der Waals surface area (Å²) in [6, 6.07) is 11.3. The molecule has 2 aliphatic rings. The van der Waals surface area contributed by atoms with Crippen molar-refractivity contribution in [1.82, 2.24) is 15.2 Å². The molecule has 1 aromatic heterocycles. The molecule has 1 saturated heterocycles. The van der Waals surface area contributed by atoms with Gasteiger partial charge < -0.3 is 20.1 Å². The van der Waals surface area contributed by atoms with Gasteiger partial charge in [-0.25, -0.2) is 9.78 Å². The Bertz CT molecular complexity index is 811. The molecule has 6 heteroatoms. The standard InChI is InChI=1S/C24H31N3O3/c28-22-8-5-18(6-9-22)1-2-19-11-13-27(14-12-19)24(29)26-16-21-7-10-23(25-15-21)30-17-20-3-4-20/h5-10,15,19-20,28H,1-4,11-14,16-17H2,(H,26,29). The summed E-state index contributed by atoms with van der Waals surface area (Å²) >= 11 is 0. The Labute approximate surface area is 178 Å². The average molecular weight is 410 g/mol. The van der Waals surface area contributed by atoms with E-state index in [1.54, 1.807) is 18.3 Å². The Balaban J connectivity index is 1.14. The number of aryl methyl sites for hydroxylation is 1. The maximum absolute atomic E-state index is 12.5. The van der Waals surface area contributed by atoms with Gasteiger partial charge in [0.15, 0.2) is 0 Å². The van der Waals surface area contributed by atoms with E-state index in [2.05, 4.69) is 10.3 Å². The van der Waals surface area contributed by atoms with Gasteiger partial charge in [0.05, 0.1) is 6.61 Å². The van der Waals surface area contributed by atoms with Gasteiger partial charge >= 0.3 is 6.03 Å². The molecule has 0 spiro atoms. The minimum atomic E-state index is 0.000967. The number of likely N-dealkylation sites (tertiary alicyclic amines) is 1. The van der Waals surface area contributed by atoms with Gasteiger partial charge in [-0.2, -0.15) is 0 Å². The molecule has 4 rings (SSSR count). The maximum Gasteiger partial charge on any atom is 0.317 e. The highest BCUT2D eigenvalue weighted by molar-refractivity contribution is 5.74. The van der Waals surface area contributed by atoms with Crippen molar-refractivity contribution in [3.8, 4) is 11.6 Å². The normalized spacial score (nSPS) is 17.0. The topological polar surface area (TPSA) is 74.7 Å². The Hall–Kier alpha value is -2.76. The second kappa shape index (κ2) is 9.83. The number of rotatable bonds is 8. The van der Waals surface area contributed by atoms with Crippen molar-refractivity contribution in [2.45, 2.75) is 45.1 Å². The number of hydrogen-bond donors (Lipinski definition) is 2. The van der Waals surface area contributed by atoms with Crippen LogP contribution in [-0.2, 0) is 13.0 Å². The first kappa shape index (κ1) is 20.5. The van der Waals surface area contributed by atoms with Gasteiger partial charge in [0.25, 0.3) is 0 Å². The zero-order valence-electron chi connectivity index (χ0n) is 17.4. The van der Waals surface area contributed by atoms with Gasteiger partial charge in [-0.15, -0.1) is 0 Å². The fraction of sp³-hybridized carbons (Fsp3) is 0.500. The van der Waals surface area contributed by atoms with E-state index in [1.165, 1.54) is 18.4 Å². The summed E-state index contributed by atoms with van der Waals surface area (Å²) in [5.74, 6) is 2.33. The molecule has 2 amide bonds. The number of benzene rings is 1. The second-order valence-corrected chi connectivity index (χ2v) is 8.55. The van der Waals surface area contributed by atoms with Crippen LogP contribution in [0.1, 0.15) is 43.2 Å². The van der Waals surface area contributed by atoms with Crippen LogP contribution in [0.15, 0.2) is 42.6 Å². The number of ether oxygens (including phenoxy) is 1. The van der Waals surface area contributed by atoms with Crippen molar-refractivity contribution in [2.75, 3.05) is 19.7 Å². The number of urea groups is 1. The maximum atomic E-state index is 12.5. The Kier molecular flexibility index (Phi) is 6.72. The average Bonchev–Trinajstić information content (AvgIpc) is 3.61. The molecule has 160 valence electrons. The molecule has 2 heterocycles. The largest absolute Gasteiger partial charge is 0.508 e. The molecule has 2 aromatic rings. The lowest BCUT2D eigenvalue weighted by Gasteiger charge is -2.32. The van der Waals surface area contributed by atoms with Crippen molar-refractivity contribution in [3.63, 3.8) is 0 Å². The molecule has 2 N–H and O–H groups in total. The van der Waals surface area contributed by atoms with Crippen LogP contribution in [0.4, 0.5) is 4.79 Å². The number of carbonyl (C=O) groups excluding carboxylic acids is 1. The summed E-state index contributed by atoms with van der Waals surface area (Å²) in [7, 11) is 0. The van der Waals surface area contributed by atoms with E-state index in [0.717, 1.165) is 50.9 Å². The molecule has 6 nitrogen and oxygen atoms in total. The number of carbonyl (C=O) groups is 1. The fourth-order valence-corrected chi connectivity index (χ4v) is 3.84. The number of amides is 2. The molecule has 0 atom stereocenters. The van der Waals surface area contributed by atoms with Crippen LogP contribution in [0.3, 0.4) is 0 Å². The summed E-state index contributed by atoms with van der Waals surface area (Å²) in [4.78, 5) is 18.7. The lowest BCUT2D eigenvalue weighted by molar-refractivity contribution is 0.168. The molecule has 30 heavy (non-hydrogen) atoms. The van der Waals surface area contributed by atoms with Crippen LogP contribution in [0, 0.1) is 11.8 Å². The van der Waals surface area contributed by atoms with E-state index in [0.29, 0.717) is 30.0 Å². The molecular formula is C24H31N3O3. The Morgan fingerprint density at radius 3 is 2.43 bits per heavy atom. The highest BCUT2D eigenvalue weighted by atomic mass is 16.5. The van der Waals surface area contributed by atoms with E-state index in [4.69, 9.17) is 4.74 Å². The Morgan fingerprint density at radius 2 is 1.77 bits per heavy atom. The van der Waals surface area contributed by atoms with Crippen molar-refractivity contribution in [1.29, 1.82) is 0 Å². The van der Waals surface area contributed by atoms with Crippen LogP contribution in [0.2, 0.25) is 0 Å². The number of phenols is 1. The molecule has 1 aliphatic heterocycles. The predicted molar refractivity (Wildman–Crippen MR) is 115 cm³/mol. The van der Waals surface area contributed by atoms with E-state index in [-0.39, 0.29) is 6.03 Å². The van der Waals surface area contributed by atoms with Gasteiger partial charge in [-0.3, -0.25) is 0 Å². The van der Waals surface area contributed by atoms with Gasteiger partial charge in [0, 0.05) is 31.9 Å². The number of aromatic nitrogens is 1. The van der Waals surface area contributed by atoms with E-state index in [9.17, 15) is 9.90 Å². The zero-order valence-corrected chi connectivity index (χ0v) is 17.4. The number of pyridine rings is 1. The predicted octanol–water partition coefficient (Wildman–Crippen LogP) is 4.13. The quantitative estimate of drug-likeness (QED) is 0.687. The van der Waals surface area contributed by atoms with E-state index >= 15 is 0 Å². The highest BCUT2D eigenvalue weighted by Crippen LogP contribution is 2.29. The van der Waals surface area contributed by atoms with Gasteiger partial charge in [-0.05, 0) is 73.6 Å². The van der Waals surface area contributed by atoms with Crippen molar-refractivity contribution < 1.29 is 14.6 Å². The first-order chi connectivity index (χ1) is 14.7. The smallest absolute Gasteiger partial charge is 0.317 e. The molecule has 0 unspecified atom stereocenters. The van der Waals surface area contributed by atoms with Gasteiger partial charge in [0.2, 0.25) is 5.88 Å². The first-order valence-corrected chi connectivity index (χ1v) is 11.0. The number of aromatic hydroxyl groups is 1. The zero-order chi connectivity index (χ0) is 20.8. The van der Waals surface area contributed by atoms with E-state index < -0.39 is 0 Å². The number of hydrogen-bond acceptors (Lipinski definition) is 4. The van der Waals surface area contributed by atoms with Crippen LogP contribution < -0.4 is 10.1 Å². The van der Waals surface area contributed by atoms with E-state index in [1.807, 2.05) is 29.2 Å². The third-order valence-electron chi connectivity index (χ3n) is 6.08. The van der Waals surface area contributed by atoms with Crippen LogP contribution >= 0.6 is 0 Å². The number of nitrogens with one attached hydrogen (secondary N) is 1. The van der Waals surface area contributed by atoms with Crippen LogP contribution in [0.25, 0.3) is 0 Å². The van der Waals surface area contributed by atoms with Crippen LogP contribution in [0.5, 0.6) is 11.6 Å². The van der Waals surface area contributed by atoms with Crippen molar-refractivity contribution >= 4 is 6.03 Å². The minimum absolute atomic E-state index is 0.000967. The third-order valence-corrected chi connectivity index (χ3v) is 6.08. The summed E-state index contributed by atoms with van der Waals surface area (Å²) in [6.07, 6.45) is 8.53. The molecule has 0 bridgehead atoms. The monoisotopic (exact) mass is 409 g/mol. The van der Waals surface area contributed by atoms with Crippen molar-refractivity contribution in [3.05, 3.63) is 53.7 Å². The fourth-order valence-electron chi connectivity index (χ4n) is 3.84. The molecular weight excluding hydrogens is 378 g/mol. The third kappa shape index (κ3) is 6.12. The SMILES string of the molecule is O=C(NCc1ccc(OCC2CC2)nc1)N1CCC(CCc2ccc(O)cc2)CC1. The molecule has 2 fully saturated rings. The summed E-state index contributed by atoms with van der Waals surface area (Å²) < 4.78 is 5.65. The highest BCUT2D eigenvalue weighted by Gasteiger charge is 2.23. The summed E-state index contributed by atoms with van der Waals surface area (Å²) in [5, 5.41) is 12.4. The second-order valence-electron chi connectivity index (χ2n) is 8.55.